The Morgan fingerprint density at radius 3 is 2.43 bits per heavy atom. The fourth-order valence-electron chi connectivity index (χ4n) is 4.56. The first kappa shape index (κ1) is 23.2. The molecular formula is C23H28N8O3S. The number of hydrogen-bond acceptors (Lipinski definition) is 9. The normalized spacial score (nSPS) is 17.0. The maximum Gasteiger partial charge on any atom is 0.273 e. The van der Waals surface area contributed by atoms with Gasteiger partial charge in [0.25, 0.3) is 5.91 Å². The van der Waals surface area contributed by atoms with Crippen molar-refractivity contribution in [3.8, 4) is 5.75 Å². The van der Waals surface area contributed by atoms with Crippen LogP contribution in [-0.4, -0.2) is 93.2 Å². The SMILES string of the molecule is COc1ccc(N2CCN(C(=O)c3csc(C4CCN(C(=O)Cn5cnnn5)CC4)n3)CC2)cc1. The highest BCUT2D eigenvalue weighted by molar-refractivity contribution is 7.09. The Morgan fingerprint density at radius 2 is 1.77 bits per heavy atom. The number of methoxy groups -OCH3 is 1. The van der Waals surface area contributed by atoms with E-state index in [9.17, 15) is 9.59 Å². The smallest absolute Gasteiger partial charge is 0.273 e. The third-order valence-corrected chi connectivity index (χ3v) is 7.64. The number of benzene rings is 1. The summed E-state index contributed by atoms with van der Waals surface area (Å²) in [6.45, 7) is 4.39. The summed E-state index contributed by atoms with van der Waals surface area (Å²) in [7, 11) is 1.66. The molecule has 0 unspecified atom stereocenters. The Hall–Kier alpha value is -3.54. The van der Waals surface area contributed by atoms with E-state index in [0.717, 1.165) is 42.4 Å². The number of amides is 2. The number of aromatic nitrogens is 5. The summed E-state index contributed by atoms with van der Waals surface area (Å²) in [6.07, 6.45) is 3.11. The minimum atomic E-state index is -0.00376. The zero-order chi connectivity index (χ0) is 24.2. The first-order chi connectivity index (χ1) is 17.1. The van der Waals surface area contributed by atoms with E-state index in [-0.39, 0.29) is 24.3 Å². The summed E-state index contributed by atoms with van der Waals surface area (Å²) in [5, 5.41) is 13.7. The van der Waals surface area contributed by atoms with Crippen molar-refractivity contribution in [1.29, 1.82) is 0 Å². The van der Waals surface area contributed by atoms with Gasteiger partial charge in [-0.15, -0.1) is 16.4 Å². The van der Waals surface area contributed by atoms with Gasteiger partial charge in [0.1, 0.15) is 24.3 Å². The van der Waals surface area contributed by atoms with E-state index in [4.69, 9.17) is 9.72 Å². The number of carbonyl (C=O) groups excluding carboxylic acids is 2. The molecule has 2 aromatic heterocycles. The van der Waals surface area contributed by atoms with Crippen LogP contribution in [0, 0.1) is 0 Å². The van der Waals surface area contributed by atoms with Crippen molar-refractivity contribution < 1.29 is 14.3 Å². The van der Waals surface area contributed by atoms with Crippen molar-refractivity contribution in [2.75, 3.05) is 51.3 Å². The molecule has 35 heavy (non-hydrogen) atoms. The third kappa shape index (κ3) is 5.26. The number of piperidine rings is 1. The molecule has 184 valence electrons. The fourth-order valence-corrected chi connectivity index (χ4v) is 5.53. The molecule has 0 saturated carbocycles. The van der Waals surface area contributed by atoms with Gasteiger partial charge in [0.05, 0.1) is 12.1 Å². The summed E-state index contributed by atoms with van der Waals surface area (Å²) in [6, 6.07) is 8.01. The third-order valence-electron chi connectivity index (χ3n) is 6.63. The first-order valence-corrected chi connectivity index (χ1v) is 12.6. The minimum absolute atomic E-state index is 0.00376. The molecule has 0 N–H and O–H groups in total. The lowest BCUT2D eigenvalue weighted by Crippen LogP contribution is -2.48. The van der Waals surface area contributed by atoms with Crippen molar-refractivity contribution >= 4 is 28.8 Å². The van der Waals surface area contributed by atoms with Crippen LogP contribution < -0.4 is 9.64 Å². The van der Waals surface area contributed by atoms with Crippen molar-refractivity contribution in [2.24, 2.45) is 0 Å². The molecule has 2 aliphatic rings. The second-order valence-corrected chi connectivity index (χ2v) is 9.60. The van der Waals surface area contributed by atoms with Gasteiger partial charge in [-0.1, -0.05) is 0 Å². The van der Waals surface area contributed by atoms with Crippen LogP contribution in [0.3, 0.4) is 0 Å². The molecule has 5 rings (SSSR count). The van der Waals surface area contributed by atoms with E-state index in [2.05, 4.69) is 20.4 Å². The van der Waals surface area contributed by atoms with Crippen LogP contribution in [0.1, 0.15) is 34.3 Å². The molecule has 2 saturated heterocycles. The molecule has 4 heterocycles. The van der Waals surface area contributed by atoms with E-state index in [0.29, 0.717) is 31.9 Å². The highest BCUT2D eigenvalue weighted by Gasteiger charge is 2.28. The lowest BCUT2D eigenvalue weighted by Gasteiger charge is -2.35. The fraction of sp³-hybridized carbons (Fsp3) is 0.478. The summed E-state index contributed by atoms with van der Waals surface area (Å²) in [5.41, 5.74) is 1.66. The number of anilines is 1. The summed E-state index contributed by atoms with van der Waals surface area (Å²) in [4.78, 5) is 36.3. The molecule has 0 atom stereocenters. The number of likely N-dealkylation sites (tertiary alicyclic amines) is 1. The number of thiazole rings is 1. The summed E-state index contributed by atoms with van der Waals surface area (Å²) in [5.74, 6) is 1.12. The quantitative estimate of drug-likeness (QED) is 0.505. The number of rotatable bonds is 6. The first-order valence-electron chi connectivity index (χ1n) is 11.7. The van der Waals surface area contributed by atoms with E-state index in [1.54, 1.807) is 18.4 Å². The van der Waals surface area contributed by atoms with Crippen molar-refractivity contribution in [2.45, 2.75) is 25.3 Å². The Bertz CT molecular complexity index is 1130. The second kappa shape index (κ2) is 10.4. The van der Waals surface area contributed by atoms with E-state index >= 15 is 0 Å². The molecule has 2 fully saturated rings. The molecule has 0 radical (unpaired) electrons. The molecule has 3 aromatic rings. The Kier molecular flexibility index (Phi) is 6.89. The monoisotopic (exact) mass is 496 g/mol. The molecule has 2 aliphatic heterocycles. The van der Waals surface area contributed by atoms with Crippen molar-refractivity contribution in [3.63, 3.8) is 0 Å². The van der Waals surface area contributed by atoms with Gasteiger partial charge in [0, 0.05) is 56.3 Å². The molecule has 1 aromatic carbocycles. The zero-order valence-corrected chi connectivity index (χ0v) is 20.4. The van der Waals surface area contributed by atoms with Crippen LogP contribution in [-0.2, 0) is 11.3 Å². The number of hydrogen-bond donors (Lipinski definition) is 0. The number of carbonyl (C=O) groups is 2. The van der Waals surface area contributed by atoms with Gasteiger partial charge in [-0.3, -0.25) is 9.59 Å². The maximum absolute atomic E-state index is 13.1. The van der Waals surface area contributed by atoms with Crippen LogP contribution in [0.15, 0.2) is 36.0 Å². The second-order valence-electron chi connectivity index (χ2n) is 8.71. The highest BCUT2D eigenvalue weighted by atomic mass is 32.1. The minimum Gasteiger partial charge on any atom is -0.497 e. The van der Waals surface area contributed by atoms with Crippen molar-refractivity contribution in [3.05, 3.63) is 46.7 Å². The lowest BCUT2D eigenvalue weighted by atomic mass is 9.97. The van der Waals surface area contributed by atoms with Gasteiger partial charge < -0.3 is 19.4 Å². The highest BCUT2D eigenvalue weighted by Crippen LogP contribution is 2.31. The van der Waals surface area contributed by atoms with Crippen LogP contribution in [0.25, 0.3) is 0 Å². The Morgan fingerprint density at radius 1 is 1.03 bits per heavy atom. The Balaban J connectivity index is 1.11. The number of piperazine rings is 1. The summed E-state index contributed by atoms with van der Waals surface area (Å²) < 4.78 is 6.67. The average molecular weight is 497 g/mol. The molecule has 2 amide bonds. The molecule has 0 aliphatic carbocycles. The predicted octanol–water partition coefficient (Wildman–Crippen LogP) is 1.51. The van der Waals surface area contributed by atoms with E-state index < -0.39 is 0 Å². The zero-order valence-electron chi connectivity index (χ0n) is 19.6. The van der Waals surface area contributed by atoms with Crippen molar-refractivity contribution in [1.82, 2.24) is 35.0 Å². The van der Waals surface area contributed by atoms with Gasteiger partial charge in [-0.2, -0.15) is 0 Å². The molecule has 0 spiro atoms. The van der Waals surface area contributed by atoms with Crippen LogP contribution >= 0.6 is 11.3 Å². The molecule has 12 heteroatoms. The van der Waals surface area contributed by atoms with E-state index in [1.807, 2.05) is 39.4 Å². The molecular weight excluding hydrogens is 468 g/mol. The molecule has 11 nitrogen and oxygen atoms in total. The summed E-state index contributed by atoms with van der Waals surface area (Å²) >= 11 is 1.55. The van der Waals surface area contributed by atoms with Crippen LogP contribution in [0.5, 0.6) is 5.75 Å². The van der Waals surface area contributed by atoms with Crippen LogP contribution in [0.2, 0.25) is 0 Å². The van der Waals surface area contributed by atoms with Crippen LogP contribution in [0.4, 0.5) is 5.69 Å². The van der Waals surface area contributed by atoms with E-state index in [1.165, 1.54) is 11.0 Å². The van der Waals surface area contributed by atoms with Gasteiger partial charge >= 0.3 is 0 Å². The maximum atomic E-state index is 13.1. The van der Waals surface area contributed by atoms with Gasteiger partial charge in [-0.05, 0) is 47.5 Å². The largest absolute Gasteiger partial charge is 0.497 e. The number of nitrogens with zero attached hydrogens (tertiary/aromatic N) is 8. The number of tetrazole rings is 1. The number of ether oxygens (including phenoxy) is 1. The van der Waals surface area contributed by atoms with Gasteiger partial charge in [0.15, 0.2) is 0 Å². The average Bonchev–Trinajstić information content (AvgIpc) is 3.61. The molecule has 0 bridgehead atoms. The Labute approximate surface area is 207 Å². The lowest BCUT2D eigenvalue weighted by molar-refractivity contribution is -0.133. The van der Waals surface area contributed by atoms with Gasteiger partial charge in [0.2, 0.25) is 5.91 Å². The standard InChI is InChI=1S/C23H28N8O3S/c1-34-19-4-2-18(3-5-19)28-10-12-30(13-11-28)23(33)20-15-35-22(25-20)17-6-8-29(9-7-17)21(32)14-31-16-24-26-27-31/h2-5,15-17H,6-14H2,1H3. The predicted molar refractivity (Wildman–Crippen MR) is 130 cm³/mol. The topological polar surface area (TPSA) is 110 Å². The van der Waals surface area contributed by atoms with Gasteiger partial charge in [-0.25, -0.2) is 9.67 Å².